The summed E-state index contributed by atoms with van der Waals surface area (Å²) in [7, 11) is 0. The molecule has 4 rings (SSSR count). The fourth-order valence-electron chi connectivity index (χ4n) is 3.80. The van der Waals surface area contributed by atoms with Gasteiger partial charge in [-0.25, -0.2) is 14.3 Å². The molecular formula is C25H25N7O3. The Morgan fingerprint density at radius 3 is 2.29 bits per heavy atom. The Morgan fingerprint density at radius 2 is 1.57 bits per heavy atom. The van der Waals surface area contributed by atoms with Crippen molar-refractivity contribution in [3.63, 3.8) is 0 Å². The molecule has 0 saturated heterocycles. The summed E-state index contributed by atoms with van der Waals surface area (Å²) in [6.45, 7) is 3.69. The number of nitrogens with one attached hydrogen (secondary N) is 3. The number of primary amides is 1. The lowest BCUT2D eigenvalue weighted by Crippen LogP contribution is -2.19. The average Bonchev–Trinajstić information content (AvgIpc) is 3.24. The maximum atomic E-state index is 12.6. The number of nitrogens with two attached hydrogens (primary N) is 1. The highest BCUT2D eigenvalue weighted by Crippen LogP contribution is 2.20. The predicted molar refractivity (Wildman–Crippen MR) is 133 cm³/mol. The fraction of sp³-hybridized carbons (Fsp3) is 0.160. The van der Waals surface area contributed by atoms with Crippen LogP contribution in [0.1, 0.15) is 33.7 Å². The first-order chi connectivity index (χ1) is 16.8. The summed E-state index contributed by atoms with van der Waals surface area (Å²) in [5.74, 6) is -0.777. The van der Waals surface area contributed by atoms with Gasteiger partial charge < -0.3 is 21.7 Å². The predicted octanol–water partition coefficient (Wildman–Crippen LogP) is 3.66. The summed E-state index contributed by atoms with van der Waals surface area (Å²) in [4.78, 5) is 40.9. The monoisotopic (exact) mass is 471 g/mol. The van der Waals surface area contributed by atoms with Crippen molar-refractivity contribution in [3.8, 4) is 0 Å². The number of rotatable bonds is 7. The zero-order chi connectivity index (χ0) is 24.9. The first-order valence-electron chi connectivity index (χ1n) is 11.0. The highest BCUT2D eigenvalue weighted by atomic mass is 16.2. The molecule has 0 fully saturated rings. The van der Waals surface area contributed by atoms with Crippen LogP contribution in [0.15, 0.2) is 60.8 Å². The van der Waals surface area contributed by atoms with Gasteiger partial charge in [-0.15, -0.1) is 0 Å². The third-order valence-corrected chi connectivity index (χ3v) is 5.51. The number of urea groups is 1. The summed E-state index contributed by atoms with van der Waals surface area (Å²) >= 11 is 0. The van der Waals surface area contributed by atoms with Gasteiger partial charge in [0.05, 0.1) is 6.20 Å². The van der Waals surface area contributed by atoms with E-state index >= 15 is 0 Å². The number of hydrogen-bond donors (Lipinski definition) is 4. The normalized spacial score (nSPS) is 10.7. The van der Waals surface area contributed by atoms with Gasteiger partial charge in [-0.3, -0.25) is 9.59 Å². The smallest absolute Gasteiger partial charge is 0.323 e. The molecule has 178 valence electrons. The van der Waals surface area contributed by atoms with Crippen LogP contribution in [0.3, 0.4) is 0 Å². The molecule has 0 bridgehead atoms. The Hall–Kier alpha value is -4.73. The molecule has 0 saturated carbocycles. The van der Waals surface area contributed by atoms with E-state index in [0.29, 0.717) is 34.8 Å². The molecule has 4 amide bonds. The lowest BCUT2D eigenvalue weighted by molar-refractivity contribution is -0.116. The number of carbonyl (C=O) groups excluding carboxylic acids is 3. The Balaban J connectivity index is 1.38. The number of aryl methyl sites for hydroxylation is 2. The van der Waals surface area contributed by atoms with Crippen LogP contribution in [-0.4, -0.2) is 32.4 Å². The van der Waals surface area contributed by atoms with Gasteiger partial charge in [-0.1, -0.05) is 24.3 Å². The van der Waals surface area contributed by atoms with Gasteiger partial charge in [0.25, 0.3) is 5.91 Å². The summed E-state index contributed by atoms with van der Waals surface area (Å²) in [5, 5.41) is 12.6. The molecule has 2 aromatic carbocycles. The number of anilines is 3. The van der Waals surface area contributed by atoms with Crippen molar-refractivity contribution in [2.75, 3.05) is 16.0 Å². The Kier molecular flexibility index (Phi) is 6.72. The van der Waals surface area contributed by atoms with Crippen LogP contribution in [0.2, 0.25) is 0 Å². The van der Waals surface area contributed by atoms with Gasteiger partial charge in [-0.2, -0.15) is 5.10 Å². The van der Waals surface area contributed by atoms with Gasteiger partial charge >= 0.3 is 6.03 Å². The largest absolute Gasteiger partial charge is 0.365 e. The van der Waals surface area contributed by atoms with E-state index in [9.17, 15) is 14.4 Å². The molecular weight excluding hydrogens is 446 g/mol. The van der Waals surface area contributed by atoms with E-state index in [1.54, 1.807) is 40.9 Å². The standard InChI is InChI=1S/C25H25N7O3/c1-15-20(16(2)32-24(28-15)21(14-27-32)23(26)34)11-12-22(33)29-18-9-6-10-19(13-18)31-25(35)30-17-7-4-3-5-8-17/h3-10,13-14H,11-12H2,1-2H3,(H2,26,34)(H,29,33)(H2,30,31,35). The quantitative estimate of drug-likeness (QED) is 0.325. The molecule has 35 heavy (non-hydrogen) atoms. The first kappa shape index (κ1) is 23.4. The van der Waals surface area contributed by atoms with Crippen LogP contribution < -0.4 is 21.7 Å². The molecule has 0 spiro atoms. The minimum absolute atomic E-state index is 0.187. The van der Waals surface area contributed by atoms with Crippen LogP contribution in [0.25, 0.3) is 5.65 Å². The van der Waals surface area contributed by atoms with E-state index in [1.165, 1.54) is 6.20 Å². The Morgan fingerprint density at radius 1 is 0.914 bits per heavy atom. The van der Waals surface area contributed by atoms with E-state index in [4.69, 9.17) is 5.73 Å². The summed E-state index contributed by atoms with van der Waals surface area (Å²) < 4.78 is 1.57. The minimum atomic E-state index is -0.590. The number of amides is 4. The number of aromatic nitrogens is 3. The molecule has 0 radical (unpaired) electrons. The third kappa shape index (κ3) is 5.44. The van der Waals surface area contributed by atoms with E-state index in [0.717, 1.165) is 11.3 Å². The second kappa shape index (κ2) is 10.0. The number of benzene rings is 2. The Bertz CT molecular complexity index is 1410. The van der Waals surface area contributed by atoms with Crippen molar-refractivity contribution < 1.29 is 14.4 Å². The molecule has 5 N–H and O–H groups in total. The average molecular weight is 472 g/mol. The van der Waals surface area contributed by atoms with E-state index < -0.39 is 5.91 Å². The molecule has 0 aliphatic rings. The SMILES string of the molecule is Cc1nc2c(C(N)=O)cnn2c(C)c1CCC(=O)Nc1cccc(NC(=O)Nc2ccccc2)c1. The highest BCUT2D eigenvalue weighted by molar-refractivity contribution is 6.00. The lowest BCUT2D eigenvalue weighted by Gasteiger charge is -2.12. The van der Waals surface area contributed by atoms with Gasteiger partial charge in [0.2, 0.25) is 5.91 Å². The summed E-state index contributed by atoms with van der Waals surface area (Å²) in [6.07, 6.45) is 2.05. The van der Waals surface area contributed by atoms with Crippen molar-refractivity contribution in [1.29, 1.82) is 0 Å². The topological polar surface area (TPSA) is 144 Å². The number of para-hydroxylation sites is 1. The second-order valence-corrected chi connectivity index (χ2v) is 7.99. The number of hydrogen-bond acceptors (Lipinski definition) is 5. The lowest BCUT2D eigenvalue weighted by atomic mass is 10.1. The number of carbonyl (C=O) groups is 3. The van der Waals surface area contributed by atoms with Crippen LogP contribution in [0, 0.1) is 13.8 Å². The van der Waals surface area contributed by atoms with Crippen molar-refractivity contribution in [2.24, 2.45) is 5.73 Å². The molecule has 2 aromatic heterocycles. The fourth-order valence-corrected chi connectivity index (χ4v) is 3.80. The minimum Gasteiger partial charge on any atom is -0.365 e. The first-order valence-corrected chi connectivity index (χ1v) is 11.0. The van der Waals surface area contributed by atoms with E-state index in [1.807, 2.05) is 32.0 Å². The van der Waals surface area contributed by atoms with Crippen LogP contribution in [-0.2, 0) is 11.2 Å². The summed E-state index contributed by atoms with van der Waals surface area (Å²) in [6, 6.07) is 15.6. The van der Waals surface area contributed by atoms with Gasteiger partial charge in [0, 0.05) is 34.9 Å². The maximum absolute atomic E-state index is 12.6. The molecule has 2 heterocycles. The number of fused-ring (bicyclic) bond motifs is 1. The van der Waals surface area contributed by atoms with E-state index in [2.05, 4.69) is 26.0 Å². The van der Waals surface area contributed by atoms with E-state index in [-0.39, 0.29) is 23.9 Å². The molecule has 0 unspecified atom stereocenters. The van der Waals surface area contributed by atoms with Crippen molar-refractivity contribution in [3.05, 3.63) is 83.3 Å². The molecule has 0 aliphatic heterocycles. The molecule has 0 atom stereocenters. The van der Waals surface area contributed by atoms with Gasteiger partial charge in [0.1, 0.15) is 5.56 Å². The molecule has 10 heteroatoms. The molecule has 0 aliphatic carbocycles. The zero-order valence-corrected chi connectivity index (χ0v) is 19.3. The van der Waals surface area contributed by atoms with Gasteiger partial charge in [0.15, 0.2) is 5.65 Å². The third-order valence-electron chi connectivity index (χ3n) is 5.51. The van der Waals surface area contributed by atoms with Crippen LogP contribution >= 0.6 is 0 Å². The molecule has 4 aromatic rings. The van der Waals surface area contributed by atoms with Gasteiger partial charge in [-0.05, 0) is 56.2 Å². The van der Waals surface area contributed by atoms with Crippen LogP contribution in [0.5, 0.6) is 0 Å². The van der Waals surface area contributed by atoms with Crippen molar-refractivity contribution in [2.45, 2.75) is 26.7 Å². The second-order valence-electron chi connectivity index (χ2n) is 7.99. The zero-order valence-electron chi connectivity index (χ0n) is 19.3. The van der Waals surface area contributed by atoms with Crippen molar-refractivity contribution in [1.82, 2.24) is 14.6 Å². The summed E-state index contributed by atoms with van der Waals surface area (Å²) in [5.41, 5.74) is 10.2. The van der Waals surface area contributed by atoms with Crippen LogP contribution in [0.4, 0.5) is 21.9 Å². The highest BCUT2D eigenvalue weighted by Gasteiger charge is 2.17. The number of nitrogens with zero attached hydrogens (tertiary/aromatic N) is 3. The van der Waals surface area contributed by atoms with Crippen molar-refractivity contribution >= 4 is 40.6 Å². The molecule has 10 nitrogen and oxygen atoms in total. The maximum Gasteiger partial charge on any atom is 0.323 e. The Labute approximate surface area is 201 Å².